The van der Waals surface area contributed by atoms with E-state index < -0.39 is 36.5 Å². The van der Waals surface area contributed by atoms with Gasteiger partial charge in [0.05, 0.1) is 0 Å². The summed E-state index contributed by atoms with van der Waals surface area (Å²) in [6.07, 6.45) is 1.97. The highest BCUT2D eigenvalue weighted by Crippen LogP contribution is 2.34. The molecule has 1 atom stereocenters. The third-order valence-corrected chi connectivity index (χ3v) is 5.01. The summed E-state index contributed by atoms with van der Waals surface area (Å²) in [7, 11) is 0. The second kappa shape index (κ2) is 9.55. The summed E-state index contributed by atoms with van der Waals surface area (Å²) in [4.78, 5) is 39.2. The Morgan fingerprint density at radius 2 is 1.81 bits per heavy atom. The number of rotatable bonds is 9. The molecule has 1 heterocycles. The topological polar surface area (TPSA) is 87.7 Å². The smallest absolute Gasteiger partial charge is 0.387 e. The first-order valence-electron chi connectivity index (χ1n) is 9.90. The Kier molecular flexibility index (Phi) is 6.84. The summed E-state index contributed by atoms with van der Waals surface area (Å²) in [6, 6.07) is 13.6. The first-order valence-corrected chi connectivity index (χ1v) is 9.90. The maximum Gasteiger partial charge on any atom is 0.387 e. The Morgan fingerprint density at radius 1 is 1.13 bits per heavy atom. The number of urea groups is 1. The van der Waals surface area contributed by atoms with Crippen molar-refractivity contribution in [3.05, 3.63) is 60.2 Å². The molecule has 1 aliphatic heterocycles. The molecule has 0 saturated carbocycles. The lowest BCUT2D eigenvalue weighted by atomic mass is 9.85. The lowest BCUT2D eigenvalue weighted by molar-refractivity contribution is -0.134. The van der Waals surface area contributed by atoms with E-state index in [-0.39, 0.29) is 5.75 Å². The fourth-order valence-electron chi connectivity index (χ4n) is 3.51. The molecule has 0 aromatic heterocycles. The predicted molar refractivity (Wildman–Crippen MR) is 110 cm³/mol. The lowest BCUT2D eigenvalue weighted by Crippen LogP contribution is -2.44. The van der Waals surface area contributed by atoms with Gasteiger partial charge in [-0.05, 0) is 36.2 Å². The fourth-order valence-corrected chi connectivity index (χ4v) is 3.51. The Morgan fingerprint density at radius 3 is 2.42 bits per heavy atom. The number of imide groups is 1. The van der Waals surface area contributed by atoms with Crippen LogP contribution in [0.1, 0.15) is 31.7 Å². The van der Waals surface area contributed by atoms with Gasteiger partial charge in [0.25, 0.3) is 5.91 Å². The molecular weight excluding hydrogens is 408 g/mol. The Bertz CT molecular complexity index is 938. The van der Waals surface area contributed by atoms with Gasteiger partial charge in [0.2, 0.25) is 5.91 Å². The van der Waals surface area contributed by atoms with Gasteiger partial charge in [0.1, 0.15) is 17.8 Å². The molecule has 0 aliphatic carbocycles. The molecule has 0 bridgehead atoms. The maximum atomic E-state index is 13.3. The van der Waals surface area contributed by atoms with E-state index in [0.717, 1.165) is 11.3 Å². The standard InChI is InChI=1S/C22H23F2N3O4/c1-2-3-13-22(15-7-5-4-6-8-15)19(29)27(21(30)26-22)14-18(28)25-16-9-11-17(12-10-16)31-20(23)24/h4-12,20H,2-3,13-14H2,1H3,(H,25,28)(H,26,30). The van der Waals surface area contributed by atoms with Crippen molar-refractivity contribution in [3.8, 4) is 5.75 Å². The third-order valence-electron chi connectivity index (χ3n) is 5.01. The van der Waals surface area contributed by atoms with Crippen molar-refractivity contribution in [2.24, 2.45) is 0 Å². The van der Waals surface area contributed by atoms with E-state index in [2.05, 4.69) is 15.4 Å². The maximum absolute atomic E-state index is 13.3. The van der Waals surface area contributed by atoms with E-state index >= 15 is 0 Å². The minimum Gasteiger partial charge on any atom is -0.435 e. The van der Waals surface area contributed by atoms with Gasteiger partial charge in [-0.1, -0.05) is 50.1 Å². The Hall–Kier alpha value is -3.49. The number of halogens is 2. The Labute approximate surface area is 178 Å². The van der Waals surface area contributed by atoms with Crippen molar-refractivity contribution < 1.29 is 27.9 Å². The monoisotopic (exact) mass is 431 g/mol. The van der Waals surface area contributed by atoms with Crippen molar-refractivity contribution in [2.75, 3.05) is 11.9 Å². The number of nitrogens with one attached hydrogen (secondary N) is 2. The predicted octanol–water partition coefficient (Wildman–Crippen LogP) is 3.86. The molecule has 0 radical (unpaired) electrons. The number of nitrogens with zero attached hydrogens (tertiary/aromatic N) is 1. The van der Waals surface area contributed by atoms with Gasteiger partial charge >= 0.3 is 12.6 Å². The minimum absolute atomic E-state index is 0.0503. The van der Waals surface area contributed by atoms with Crippen molar-refractivity contribution in [1.82, 2.24) is 10.2 Å². The first kappa shape index (κ1) is 22.2. The first-order chi connectivity index (χ1) is 14.9. The van der Waals surface area contributed by atoms with Gasteiger partial charge in [-0.3, -0.25) is 14.5 Å². The van der Waals surface area contributed by atoms with Crippen LogP contribution >= 0.6 is 0 Å². The molecular formula is C22H23F2N3O4. The average molecular weight is 431 g/mol. The molecule has 2 N–H and O–H groups in total. The molecule has 31 heavy (non-hydrogen) atoms. The third kappa shape index (κ3) is 4.99. The van der Waals surface area contributed by atoms with Crippen LogP contribution in [0.15, 0.2) is 54.6 Å². The Balaban J connectivity index is 1.72. The number of benzene rings is 2. The van der Waals surface area contributed by atoms with E-state index in [4.69, 9.17) is 0 Å². The van der Waals surface area contributed by atoms with Gasteiger partial charge in [0.15, 0.2) is 0 Å². The van der Waals surface area contributed by atoms with Crippen molar-refractivity contribution >= 4 is 23.5 Å². The molecule has 1 fully saturated rings. The number of unbranched alkanes of at least 4 members (excludes halogenated alkanes) is 1. The summed E-state index contributed by atoms with van der Waals surface area (Å²) in [5.41, 5.74) is -0.221. The van der Waals surface area contributed by atoms with Crippen molar-refractivity contribution in [2.45, 2.75) is 38.3 Å². The number of carbonyl (C=O) groups is 3. The zero-order valence-electron chi connectivity index (χ0n) is 16.9. The molecule has 0 spiro atoms. The normalized spacial score (nSPS) is 18.3. The minimum atomic E-state index is -2.95. The molecule has 2 aromatic carbocycles. The number of hydrogen-bond acceptors (Lipinski definition) is 4. The number of carbonyl (C=O) groups excluding carboxylic acids is 3. The zero-order valence-corrected chi connectivity index (χ0v) is 16.9. The molecule has 164 valence electrons. The van der Waals surface area contributed by atoms with Gasteiger partial charge < -0.3 is 15.4 Å². The van der Waals surface area contributed by atoms with Crippen LogP contribution in [0, 0.1) is 0 Å². The summed E-state index contributed by atoms with van der Waals surface area (Å²) in [5.74, 6) is -1.12. The summed E-state index contributed by atoms with van der Waals surface area (Å²) in [6.45, 7) is -1.43. The number of hydrogen-bond donors (Lipinski definition) is 2. The molecule has 1 aliphatic rings. The summed E-state index contributed by atoms with van der Waals surface area (Å²) < 4.78 is 28.7. The summed E-state index contributed by atoms with van der Waals surface area (Å²) in [5, 5.41) is 5.33. The van der Waals surface area contributed by atoms with Crippen LogP contribution < -0.4 is 15.4 Å². The molecule has 2 aromatic rings. The molecule has 7 nitrogen and oxygen atoms in total. The van der Waals surface area contributed by atoms with Crippen LogP contribution in [-0.2, 0) is 15.1 Å². The highest BCUT2D eigenvalue weighted by atomic mass is 19.3. The highest BCUT2D eigenvalue weighted by Gasteiger charge is 2.52. The van der Waals surface area contributed by atoms with Crippen molar-refractivity contribution in [1.29, 1.82) is 0 Å². The molecule has 3 rings (SSSR count). The van der Waals surface area contributed by atoms with Crippen LogP contribution in [0.2, 0.25) is 0 Å². The van der Waals surface area contributed by atoms with E-state index in [0.29, 0.717) is 24.1 Å². The number of ether oxygens (including phenoxy) is 1. The largest absolute Gasteiger partial charge is 0.435 e. The number of anilines is 1. The second-order valence-corrected chi connectivity index (χ2v) is 7.15. The van der Waals surface area contributed by atoms with E-state index in [9.17, 15) is 23.2 Å². The fraction of sp³-hybridized carbons (Fsp3) is 0.318. The van der Waals surface area contributed by atoms with Crippen LogP contribution in [0.5, 0.6) is 5.75 Å². The van der Waals surface area contributed by atoms with Crippen LogP contribution in [0.4, 0.5) is 19.3 Å². The van der Waals surface area contributed by atoms with Crippen LogP contribution in [-0.4, -0.2) is 35.9 Å². The van der Waals surface area contributed by atoms with Crippen LogP contribution in [0.3, 0.4) is 0 Å². The van der Waals surface area contributed by atoms with Crippen LogP contribution in [0.25, 0.3) is 0 Å². The lowest BCUT2D eigenvalue weighted by Gasteiger charge is -2.27. The van der Waals surface area contributed by atoms with Gasteiger partial charge in [-0.15, -0.1) is 0 Å². The average Bonchev–Trinajstić information content (AvgIpc) is 2.99. The molecule has 4 amide bonds. The van der Waals surface area contributed by atoms with E-state index in [1.165, 1.54) is 24.3 Å². The zero-order chi connectivity index (χ0) is 22.4. The van der Waals surface area contributed by atoms with E-state index in [1.54, 1.807) is 24.3 Å². The van der Waals surface area contributed by atoms with E-state index in [1.807, 2.05) is 13.0 Å². The number of alkyl halides is 2. The number of amides is 4. The molecule has 1 unspecified atom stereocenters. The van der Waals surface area contributed by atoms with Gasteiger partial charge in [0, 0.05) is 5.69 Å². The summed E-state index contributed by atoms with van der Waals surface area (Å²) >= 11 is 0. The SMILES string of the molecule is CCCCC1(c2ccccc2)NC(=O)N(CC(=O)Nc2ccc(OC(F)F)cc2)C1=O. The van der Waals surface area contributed by atoms with Gasteiger partial charge in [-0.25, -0.2) is 4.79 Å². The molecule has 9 heteroatoms. The quantitative estimate of drug-likeness (QED) is 0.590. The van der Waals surface area contributed by atoms with Gasteiger partial charge in [-0.2, -0.15) is 8.78 Å². The molecule has 1 saturated heterocycles. The highest BCUT2D eigenvalue weighted by molar-refractivity contribution is 6.10. The van der Waals surface area contributed by atoms with Crippen molar-refractivity contribution in [3.63, 3.8) is 0 Å². The second-order valence-electron chi connectivity index (χ2n) is 7.15.